The number of nitriles is 1. The summed E-state index contributed by atoms with van der Waals surface area (Å²) in [6.45, 7) is 8.96. The van der Waals surface area contributed by atoms with Crippen LogP contribution in [-0.4, -0.2) is 59.5 Å². The summed E-state index contributed by atoms with van der Waals surface area (Å²) in [4.78, 5) is 32.8. The van der Waals surface area contributed by atoms with Crippen LogP contribution in [-0.2, 0) is 11.3 Å². The molecule has 0 radical (unpaired) electrons. The van der Waals surface area contributed by atoms with Crippen molar-refractivity contribution in [3.63, 3.8) is 0 Å². The Morgan fingerprint density at radius 1 is 1.24 bits per heavy atom. The van der Waals surface area contributed by atoms with Crippen LogP contribution in [0.1, 0.15) is 48.5 Å². The molecule has 34 heavy (non-hydrogen) atoms. The van der Waals surface area contributed by atoms with E-state index in [4.69, 9.17) is 4.98 Å². The fourth-order valence-corrected chi connectivity index (χ4v) is 4.87. The molecule has 2 aliphatic rings. The monoisotopic (exact) mass is 480 g/mol. The first kappa shape index (κ1) is 24.3. The number of nitrogens with one attached hydrogen (secondary N) is 3. The molecule has 2 heterocycles. The van der Waals surface area contributed by atoms with Crippen LogP contribution in [0.4, 0.5) is 0 Å². The number of carbonyl (C=O) groups excluding carboxylic acids is 2. The van der Waals surface area contributed by atoms with Crippen LogP contribution < -0.4 is 16.0 Å². The third-order valence-electron chi connectivity index (χ3n) is 6.22. The summed E-state index contributed by atoms with van der Waals surface area (Å²) in [5, 5.41) is 21.5. The second-order valence-electron chi connectivity index (χ2n) is 9.57. The van der Waals surface area contributed by atoms with Gasteiger partial charge in [0.2, 0.25) is 5.91 Å². The van der Waals surface area contributed by atoms with E-state index in [0.717, 1.165) is 49.0 Å². The van der Waals surface area contributed by atoms with Gasteiger partial charge >= 0.3 is 0 Å². The van der Waals surface area contributed by atoms with Crippen molar-refractivity contribution in [2.75, 3.05) is 26.2 Å². The number of rotatable bonds is 9. The Hall–Kier alpha value is -2.80. The summed E-state index contributed by atoms with van der Waals surface area (Å²) in [5.41, 5.74) is 1.60. The Morgan fingerprint density at radius 2 is 1.94 bits per heavy atom. The van der Waals surface area contributed by atoms with E-state index in [0.29, 0.717) is 24.8 Å². The maximum absolute atomic E-state index is 12.9. The van der Waals surface area contributed by atoms with Crippen molar-refractivity contribution in [1.29, 1.82) is 5.26 Å². The lowest BCUT2D eigenvalue weighted by atomic mass is 10.0. The van der Waals surface area contributed by atoms with Gasteiger partial charge in [0.05, 0.1) is 18.3 Å². The fourth-order valence-electron chi connectivity index (χ4n) is 4.03. The van der Waals surface area contributed by atoms with Crippen molar-refractivity contribution in [3.8, 4) is 17.3 Å². The molecule has 0 bridgehead atoms. The van der Waals surface area contributed by atoms with E-state index in [9.17, 15) is 14.9 Å². The number of thiazole rings is 1. The second-order valence-corrected chi connectivity index (χ2v) is 10.5. The van der Waals surface area contributed by atoms with Gasteiger partial charge in [0.25, 0.3) is 5.91 Å². The van der Waals surface area contributed by atoms with Gasteiger partial charge in [-0.05, 0) is 37.3 Å². The minimum absolute atomic E-state index is 0.218. The number of aromatic nitrogens is 1. The van der Waals surface area contributed by atoms with Crippen molar-refractivity contribution in [3.05, 3.63) is 40.2 Å². The number of hydrogen-bond acceptors (Lipinski definition) is 7. The lowest BCUT2D eigenvalue weighted by molar-refractivity contribution is -0.123. The average Bonchev–Trinajstić information content (AvgIpc) is 3.46. The van der Waals surface area contributed by atoms with Crippen LogP contribution in [0.2, 0.25) is 0 Å². The molecule has 0 spiro atoms. The number of amides is 2. The Kier molecular flexibility index (Phi) is 7.61. The minimum Gasteiger partial charge on any atom is -0.340 e. The highest BCUT2D eigenvalue weighted by Gasteiger charge is 2.45. The standard InChI is InChI=1S/C25H32N6O2S/c1-17(2)13-20(24(33)30-25(16-26)7-8-25)29-23(32)19-5-3-18(4-6-19)21-15-34-22(28-21)14-31-11-9-27-10-12-31/h3-6,15,17,20,27H,7-14H2,1-2H3,(H,29,32)(H,30,33)/t20-/m0/s1. The number of hydrogen-bond donors (Lipinski definition) is 3. The third-order valence-corrected chi connectivity index (χ3v) is 7.05. The minimum atomic E-state index is -0.754. The molecule has 0 unspecified atom stereocenters. The molecular weight excluding hydrogens is 448 g/mol. The van der Waals surface area contributed by atoms with Crippen molar-refractivity contribution >= 4 is 23.2 Å². The first-order chi connectivity index (χ1) is 16.4. The molecule has 1 aliphatic carbocycles. The predicted octanol–water partition coefficient (Wildman–Crippen LogP) is 2.53. The molecule has 9 heteroatoms. The lowest BCUT2D eigenvalue weighted by Gasteiger charge is -2.26. The normalized spacial score (nSPS) is 18.2. The van der Waals surface area contributed by atoms with E-state index >= 15 is 0 Å². The van der Waals surface area contributed by atoms with Gasteiger partial charge in [0.1, 0.15) is 16.6 Å². The predicted molar refractivity (Wildman–Crippen MR) is 132 cm³/mol. The Balaban J connectivity index is 1.38. The Morgan fingerprint density at radius 3 is 2.56 bits per heavy atom. The smallest absolute Gasteiger partial charge is 0.251 e. The molecule has 1 aliphatic heterocycles. The molecule has 3 N–H and O–H groups in total. The molecule has 1 aromatic heterocycles. The van der Waals surface area contributed by atoms with Crippen molar-refractivity contribution in [1.82, 2.24) is 25.8 Å². The molecule has 1 saturated carbocycles. The van der Waals surface area contributed by atoms with Crippen LogP contribution in [0.5, 0.6) is 0 Å². The Labute approximate surface area is 204 Å². The maximum atomic E-state index is 12.9. The van der Waals surface area contributed by atoms with E-state index in [-0.39, 0.29) is 17.7 Å². The average molecular weight is 481 g/mol. The summed E-state index contributed by atoms with van der Waals surface area (Å²) >= 11 is 1.66. The zero-order valence-electron chi connectivity index (χ0n) is 19.8. The summed E-state index contributed by atoms with van der Waals surface area (Å²) in [5.74, 6) is -0.375. The van der Waals surface area contributed by atoms with Crippen LogP contribution in [0.25, 0.3) is 11.3 Å². The van der Waals surface area contributed by atoms with Crippen molar-refractivity contribution in [2.45, 2.75) is 51.2 Å². The first-order valence-corrected chi connectivity index (χ1v) is 12.8. The van der Waals surface area contributed by atoms with Crippen LogP contribution in [0.15, 0.2) is 29.6 Å². The second kappa shape index (κ2) is 10.6. The molecule has 1 saturated heterocycles. The van der Waals surface area contributed by atoms with E-state index in [1.54, 1.807) is 23.5 Å². The summed E-state index contributed by atoms with van der Waals surface area (Å²) < 4.78 is 0. The van der Waals surface area contributed by atoms with E-state index in [2.05, 4.69) is 32.3 Å². The molecule has 2 aromatic rings. The van der Waals surface area contributed by atoms with Gasteiger partial charge in [-0.1, -0.05) is 26.0 Å². The van der Waals surface area contributed by atoms with Gasteiger partial charge in [-0.15, -0.1) is 11.3 Å². The topological polar surface area (TPSA) is 110 Å². The summed E-state index contributed by atoms with van der Waals surface area (Å²) in [6, 6.07) is 8.81. The molecule has 1 atom stereocenters. The van der Waals surface area contributed by atoms with Gasteiger partial charge in [-0.3, -0.25) is 14.5 Å². The zero-order chi connectivity index (χ0) is 24.1. The SMILES string of the molecule is CC(C)C[C@H](NC(=O)c1ccc(-c2csc(CN3CCNCC3)n2)cc1)C(=O)NC1(C#N)CC1. The zero-order valence-corrected chi connectivity index (χ0v) is 20.6. The molecule has 180 valence electrons. The largest absolute Gasteiger partial charge is 0.340 e. The molecule has 4 rings (SSSR count). The van der Waals surface area contributed by atoms with E-state index in [1.807, 2.05) is 26.0 Å². The molecular formula is C25H32N6O2S. The van der Waals surface area contributed by atoms with Gasteiger partial charge in [0.15, 0.2) is 0 Å². The van der Waals surface area contributed by atoms with E-state index in [1.165, 1.54) is 0 Å². The number of piperazine rings is 1. The van der Waals surface area contributed by atoms with Gasteiger partial charge in [0, 0.05) is 42.7 Å². The Bertz CT molecular complexity index is 1050. The van der Waals surface area contributed by atoms with Crippen LogP contribution in [0.3, 0.4) is 0 Å². The molecule has 1 aromatic carbocycles. The summed E-state index contributed by atoms with van der Waals surface area (Å²) in [7, 11) is 0. The number of benzene rings is 1. The van der Waals surface area contributed by atoms with Gasteiger partial charge in [-0.2, -0.15) is 5.26 Å². The highest BCUT2D eigenvalue weighted by atomic mass is 32.1. The molecule has 2 fully saturated rings. The fraction of sp³-hybridized carbons (Fsp3) is 0.520. The van der Waals surface area contributed by atoms with Gasteiger partial charge in [-0.25, -0.2) is 4.98 Å². The van der Waals surface area contributed by atoms with Crippen molar-refractivity contribution < 1.29 is 9.59 Å². The van der Waals surface area contributed by atoms with Crippen molar-refractivity contribution in [2.24, 2.45) is 5.92 Å². The quantitative estimate of drug-likeness (QED) is 0.509. The highest BCUT2D eigenvalue weighted by Crippen LogP contribution is 2.34. The molecule has 8 nitrogen and oxygen atoms in total. The summed E-state index contributed by atoms with van der Waals surface area (Å²) in [6.07, 6.45) is 1.82. The first-order valence-electron chi connectivity index (χ1n) is 11.9. The van der Waals surface area contributed by atoms with Crippen LogP contribution >= 0.6 is 11.3 Å². The maximum Gasteiger partial charge on any atom is 0.251 e. The lowest BCUT2D eigenvalue weighted by Crippen LogP contribution is -2.50. The van der Waals surface area contributed by atoms with Gasteiger partial charge < -0.3 is 16.0 Å². The highest BCUT2D eigenvalue weighted by molar-refractivity contribution is 7.09. The van der Waals surface area contributed by atoms with Crippen LogP contribution in [0, 0.1) is 17.2 Å². The molecule has 2 amide bonds. The third kappa shape index (κ3) is 6.20. The number of nitrogens with zero attached hydrogens (tertiary/aromatic N) is 3. The number of carbonyl (C=O) groups is 2. The van der Waals surface area contributed by atoms with E-state index < -0.39 is 11.6 Å².